The molecule has 0 bridgehead atoms. The first-order chi connectivity index (χ1) is 6.60. The van der Waals surface area contributed by atoms with Gasteiger partial charge in [-0.15, -0.1) is 0 Å². The van der Waals surface area contributed by atoms with Gasteiger partial charge >= 0.3 is 87.7 Å². The van der Waals surface area contributed by atoms with Crippen LogP contribution >= 0.6 is 7.28 Å². The SMILES string of the molecule is Cc1cccc(C(=O)P(C)(O)(O)O)c1C. The van der Waals surface area contributed by atoms with E-state index >= 15 is 0 Å². The first-order valence-corrected chi connectivity index (χ1v) is 7.01. The molecule has 0 fully saturated rings. The molecule has 5 heteroatoms. The van der Waals surface area contributed by atoms with Crippen molar-refractivity contribution < 1.29 is 19.5 Å². The molecule has 15 heavy (non-hydrogen) atoms. The molecule has 1 aromatic rings. The van der Waals surface area contributed by atoms with Crippen molar-refractivity contribution in [3.8, 4) is 0 Å². The number of rotatable bonds is 2. The topological polar surface area (TPSA) is 77.8 Å². The molecule has 0 amide bonds. The third-order valence-electron chi connectivity index (χ3n) is 2.31. The molecule has 0 atom stereocenters. The summed E-state index contributed by atoms with van der Waals surface area (Å²) < 4.78 is 0. The minimum atomic E-state index is -5.16. The zero-order valence-electron chi connectivity index (χ0n) is 8.93. The van der Waals surface area contributed by atoms with E-state index in [2.05, 4.69) is 0 Å². The molecule has 0 aliphatic rings. The van der Waals surface area contributed by atoms with Crippen molar-refractivity contribution in [2.75, 3.05) is 6.66 Å². The average Bonchev–Trinajstić information content (AvgIpc) is 2.06. The zero-order valence-corrected chi connectivity index (χ0v) is 9.82. The molecular formula is C10H15O4P. The second-order valence-electron chi connectivity index (χ2n) is 3.94. The molecule has 0 heterocycles. The fraction of sp³-hybridized carbons (Fsp3) is 0.300. The molecule has 0 spiro atoms. The molecule has 0 unspecified atom stereocenters. The van der Waals surface area contributed by atoms with Gasteiger partial charge in [-0.3, -0.25) is 0 Å². The van der Waals surface area contributed by atoms with Gasteiger partial charge in [0.2, 0.25) is 0 Å². The van der Waals surface area contributed by atoms with Crippen LogP contribution in [0.3, 0.4) is 0 Å². The normalized spacial score (nSPS) is 14.4. The Kier molecular flexibility index (Phi) is 2.74. The number of carbonyl (C=O) groups is 1. The Morgan fingerprint density at radius 2 is 1.73 bits per heavy atom. The van der Waals surface area contributed by atoms with E-state index in [9.17, 15) is 19.5 Å². The number of hydrogen-bond acceptors (Lipinski definition) is 4. The fourth-order valence-corrected chi connectivity index (χ4v) is 2.07. The van der Waals surface area contributed by atoms with Crippen LogP contribution in [0.4, 0.5) is 0 Å². The third kappa shape index (κ3) is 2.61. The van der Waals surface area contributed by atoms with Crippen molar-refractivity contribution in [1.29, 1.82) is 0 Å². The molecule has 84 valence electrons. The van der Waals surface area contributed by atoms with Gasteiger partial charge in [-0.1, -0.05) is 0 Å². The summed E-state index contributed by atoms with van der Waals surface area (Å²) in [6.45, 7) is 4.28. The van der Waals surface area contributed by atoms with Gasteiger partial charge in [0.25, 0.3) is 0 Å². The maximum absolute atomic E-state index is 11.7. The molecule has 4 nitrogen and oxygen atoms in total. The van der Waals surface area contributed by atoms with Crippen LogP contribution in [0.5, 0.6) is 0 Å². The Balaban J connectivity index is 3.32. The summed E-state index contributed by atoms with van der Waals surface area (Å²) in [5.74, 6) is 0. The first-order valence-electron chi connectivity index (χ1n) is 4.47. The molecule has 0 saturated carbocycles. The van der Waals surface area contributed by atoms with Crippen LogP contribution in [0.25, 0.3) is 0 Å². The van der Waals surface area contributed by atoms with E-state index in [1.165, 1.54) is 6.07 Å². The third-order valence-corrected chi connectivity index (χ3v) is 3.50. The molecule has 3 N–H and O–H groups in total. The van der Waals surface area contributed by atoms with Gasteiger partial charge in [0, 0.05) is 0 Å². The van der Waals surface area contributed by atoms with E-state index in [4.69, 9.17) is 0 Å². The van der Waals surface area contributed by atoms with Crippen molar-refractivity contribution in [2.24, 2.45) is 0 Å². The van der Waals surface area contributed by atoms with Gasteiger partial charge in [0.1, 0.15) is 0 Å². The van der Waals surface area contributed by atoms with E-state index in [0.717, 1.165) is 12.2 Å². The van der Waals surface area contributed by atoms with E-state index in [-0.39, 0.29) is 5.56 Å². The van der Waals surface area contributed by atoms with Crippen molar-refractivity contribution in [1.82, 2.24) is 0 Å². The monoisotopic (exact) mass is 230 g/mol. The summed E-state index contributed by atoms with van der Waals surface area (Å²) >= 11 is 0. The number of hydrogen-bond donors (Lipinski definition) is 3. The molecule has 1 rings (SSSR count). The zero-order chi connectivity index (χ0) is 11.9. The summed E-state index contributed by atoms with van der Waals surface area (Å²) in [6.07, 6.45) is 0. The van der Waals surface area contributed by atoms with Gasteiger partial charge < -0.3 is 0 Å². The van der Waals surface area contributed by atoms with Crippen molar-refractivity contribution >= 4 is 12.8 Å². The second-order valence-corrected chi connectivity index (χ2v) is 7.13. The predicted molar refractivity (Wildman–Crippen MR) is 59.7 cm³/mol. The summed E-state index contributed by atoms with van der Waals surface area (Å²) in [5.41, 5.74) is 0.668. The standard InChI is InChI=1S/C10H15O4P/c1-7-5-4-6-9(8(7)2)10(11)15(3,12,13)14/h4-6,12-14H,1-3H3. The Labute approximate surface area is 88.4 Å². The minimum absolute atomic E-state index is 0.155. The second kappa shape index (κ2) is 3.35. The molecule has 1 aromatic carbocycles. The van der Waals surface area contributed by atoms with Crippen LogP contribution in [-0.2, 0) is 0 Å². The van der Waals surface area contributed by atoms with Crippen LogP contribution < -0.4 is 0 Å². The fourth-order valence-electron chi connectivity index (χ4n) is 1.26. The van der Waals surface area contributed by atoms with E-state index in [1.807, 2.05) is 13.0 Å². The predicted octanol–water partition coefficient (Wildman–Crippen LogP) is 1.35. The Bertz CT molecular complexity index is 408. The van der Waals surface area contributed by atoms with Gasteiger partial charge in [0.15, 0.2) is 0 Å². The molecule has 0 aromatic heterocycles. The van der Waals surface area contributed by atoms with Crippen LogP contribution in [0.1, 0.15) is 21.5 Å². The number of aryl methyl sites for hydroxylation is 1. The van der Waals surface area contributed by atoms with E-state index in [1.54, 1.807) is 13.0 Å². The van der Waals surface area contributed by atoms with Crippen LogP contribution in [0, 0.1) is 13.8 Å². The average molecular weight is 230 g/mol. The van der Waals surface area contributed by atoms with Crippen molar-refractivity contribution in [3.05, 3.63) is 34.9 Å². The number of carbonyl (C=O) groups excluding carboxylic acids is 1. The van der Waals surface area contributed by atoms with Crippen LogP contribution in [-0.4, -0.2) is 26.9 Å². The summed E-state index contributed by atoms with van der Waals surface area (Å²) in [7, 11) is -5.16. The Hall–Kier alpha value is -0.800. The quantitative estimate of drug-likeness (QED) is 0.670. The molecule has 0 radical (unpaired) electrons. The Morgan fingerprint density at radius 3 is 2.20 bits per heavy atom. The molecule has 0 aliphatic heterocycles. The van der Waals surface area contributed by atoms with Gasteiger partial charge in [-0.05, 0) is 0 Å². The molecule has 0 aliphatic carbocycles. The maximum atomic E-state index is 11.7. The van der Waals surface area contributed by atoms with Crippen molar-refractivity contribution in [3.63, 3.8) is 0 Å². The summed E-state index contributed by atoms with van der Waals surface area (Å²) in [5, 5.41) is 0. The van der Waals surface area contributed by atoms with E-state index in [0.29, 0.717) is 5.56 Å². The summed E-state index contributed by atoms with van der Waals surface area (Å²) in [6, 6.07) is 4.92. The van der Waals surface area contributed by atoms with Gasteiger partial charge in [-0.2, -0.15) is 0 Å². The van der Waals surface area contributed by atoms with E-state index < -0.39 is 12.8 Å². The first kappa shape index (κ1) is 12.3. The number of benzene rings is 1. The van der Waals surface area contributed by atoms with Gasteiger partial charge in [-0.25, -0.2) is 0 Å². The molecule has 0 saturated heterocycles. The van der Waals surface area contributed by atoms with Crippen molar-refractivity contribution in [2.45, 2.75) is 13.8 Å². The summed E-state index contributed by atoms with van der Waals surface area (Å²) in [4.78, 5) is 39.6. The van der Waals surface area contributed by atoms with Gasteiger partial charge in [0.05, 0.1) is 0 Å². The Morgan fingerprint density at radius 1 is 1.20 bits per heavy atom. The van der Waals surface area contributed by atoms with Crippen LogP contribution in [0.15, 0.2) is 18.2 Å². The molecular weight excluding hydrogens is 215 g/mol. The van der Waals surface area contributed by atoms with Crippen LogP contribution in [0.2, 0.25) is 0 Å².